The highest BCUT2D eigenvalue weighted by Crippen LogP contribution is 2.29. The molecule has 0 aromatic heterocycles. The second kappa shape index (κ2) is 9.17. The molecule has 2 aromatic rings. The zero-order chi connectivity index (χ0) is 18.1. The molecule has 7 nitrogen and oxygen atoms in total. The topological polar surface area (TPSA) is 81.2 Å². The second-order valence-electron chi connectivity index (χ2n) is 4.96. The Morgan fingerprint density at radius 1 is 1.04 bits per heavy atom. The number of nitrogens with zero attached hydrogens (tertiary/aromatic N) is 1. The number of para-hydroxylation sites is 1. The van der Waals surface area contributed by atoms with Gasteiger partial charge in [0, 0.05) is 11.3 Å². The molecular formula is C18H21N3O4. The van der Waals surface area contributed by atoms with E-state index in [9.17, 15) is 4.79 Å². The van der Waals surface area contributed by atoms with Gasteiger partial charge in [-0.15, -0.1) is 0 Å². The van der Waals surface area contributed by atoms with E-state index in [0.29, 0.717) is 17.1 Å². The summed E-state index contributed by atoms with van der Waals surface area (Å²) in [5, 5.41) is 6.94. The van der Waals surface area contributed by atoms with Crippen LogP contribution < -0.4 is 25.0 Å². The molecule has 0 aliphatic carbocycles. The monoisotopic (exact) mass is 343 g/mol. The highest BCUT2D eigenvalue weighted by Gasteiger charge is 2.07. The van der Waals surface area contributed by atoms with Gasteiger partial charge in [-0.05, 0) is 36.4 Å². The molecule has 0 spiro atoms. The molecule has 2 N–H and O–H groups in total. The van der Waals surface area contributed by atoms with Crippen LogP contribution in [0.3, 0.4) is 0 Å². The Balaban J connectivity index is 1.88. The van der Waals surface area contributed by atoms with Crippen molar-refractivity contribution in [1.29, 1.82) is 0 Å². The van der Waals surface area contributed by atoms with Crippen LogP contribution in [0.4, 0.5) is 5.69 Å². The summed E-state index contributed by atoms with van der Waals surface area (Å²) in [4.78, 5) is 11.8. The number of carbonyl (C=O) groups is 1. The average Bonchev–Trinajstić information content (AvgIpc) is 2.66. The number of hydrazone groups is 1. The lowest BCUT2D eigenvalue weighted by Crippen LogP contribution is -2.25. The van der Waals surface area contributed by atoms with Crippen LogP contribution >= 0.6 is 0 Å². The summed E-state index contributed by atoms with van der Waals surface area (Å²) in [7, 11) is 4.71. The lowest BCUT2D eigenvalue weighted by atomic mass is 10.2. The smallest absolute Gasteiger partial charge is 0.259 e. The van der Waals surface area contributed by atoms with E-state index >= 15 is 0 Å². The Hall–Kier alpha value is -3.22. The number of benzene rings is 2. The lowest BCUT2D eigenvalue weighted by Gasteiger charge is -2.09. The van der Waals surface area contributed by atoms with Gasteiger partial charge >= 0.3 is 0 Å². The summed E-state index contributed by atoms with van der Waals surface area (Å²) in [6, 6.07) is 12.7. The number of anilines is 1. The van der Waals surface area contributed by atoms with Crippen molar-refractivity contribution in [1.82, 2.24) is 5.43 Å². The van der Waals surface area contributed by atoms with Crippen molar-refractivity contribution >= 4 is 17.8 Å². The summed E-state index contributed by atoms with van der Waals surface area (Å²) in [6.07, 6.45) is 1.51. The molecule has 0 radical (unpaired) electrons. The fraction of sp³-hybridized carbons (Fsp3) is 0.222. The third-order valence-corrected chi connectivity index (χ3v) is 3.37. The fourth-order valence-electron chi connectivity index (χ4n) is 2.12. The molecule has 0 aliphatic heterocycles. The van der Waals surface area contributed by atoms with Crippen LogP contribution in [0.2, 0.25) is 0 Å². The van der Waals surface area contributed by atoms with Crippen molar-refractivity contribution in [2.75, 3.05) is 33.2 Å². The first-order valence-electron chi connectivity index (χ1n) is 7.58. The third kappa shape index (κ3) is 5.13. The SMILES string of the molecule is COc1ccc(NCC(=O)N/N=C\c2cccc(OC)c2OC)cc1. The number of hydrogen-bond donors (Lipinski definition) is 2. The van der Waals surface area contributed by atoms with Gasteiger partial charge in [-0.25, -0.2) is 5.43 Å². The lowest BCUT2D eigenvalue weighted by molar-refractivity contribution is -0.119. The van der Waals surface area contributed by atoms with Crippen LogP contribution in [-0.4, -0.2) is 40.0 Å². The van der Waals surface area contributed by atoms with E-state index in [0.717, 1.165) is 11.4 Å². The molecule has 0 unspecified atom stereocenters. The molecule has 2 aromatic carbocycles. The molecule has 0 saturated carbocycles. The molecule has 0 saturated heterocycles. The Morgan fingerprint density at radius 3 is 2.44 bits per heavy atom. The van der Waals surface area contributed by atoms with Crippen molar-refractivity contribution in [2.24, 2.45) is 5.10 Å². The minimum atomic E-state index is -0.270. The van der Waals surface area contributed by atoms with Gasteiger partial charge in [-0.1, -0.05) is 6.07 Å². The zero-order valence-electron chi connectivity index (χ0n) is 14.4. The van der Waals surface area contributed by atoms with E-state index in [4.69, 9.17) is 14.2 Å². The summed E-state index contributed by atoms with van der Waals surface area (Å²) < 4.78 is 15.6. The molecular weight excluding hydrogens is 322 g/mol. The van der Waals surface area contributed by atoms with Crippen molar-refractivity contribution < 1.29 is 19.0 Å². The average molecular weight is 343 g/mol. The Morgan fingerprint density at radius 2 is 1.80 bits per heavy atom. The molecule has 1 amide bonds. The predicted molar refractivity (Wildman–Crippen MR) is 96.8 cm³/mol. The number of ether oxygens (including phenoxy) is 3. The van der Waals surface area contributed by atoms with E-state index in [1.807, 2.05) is 36.4 Å². The Bertz CT molecular complexity index is 730. The van der Waals surface area contributed by atoms with Gasteiger partial charge in [-0.2, -0.15) is 5.10 Å². The van der Waals surface area contributed by atoms with Crippen molar-refractivity contribution in [3.63, 3.8) is 0 Å². The van der Waals surface area contributed by atoms with Crippen molar-refractivity contribution in [2.45, 2.75) is 0 Å². The normalized spacial score (nSPS) is 10.4. The molecule has 0 atom stereocenters. The van der Waals surface area contributed by atoms with Crippen LogP contribution in [0.15, 0.2) is 47.6 Å². The van der Waals surface area contributed by atoms with Crippen molar-refractivity contribution in [3.05, 3.63) is 48.0 Å². The second-order valence-corrected chi connectivity index (χ2v) is 4.96. The molecule has 0 aliphatic rings. The number of rotatable bonds is 8. The number of carbonyl (C=O) groups excluding carboxylic acids is 1. The fourth-order valence-corrected chi connectivity index (χ4v) is 2.12. The van der Waals surface area contributed by atoms with Crippen LogP contribution in [0.1, 0.15) is 5.56 Å². The standard InChI is InChI=1S/C18H21N3O4/c1-23-15-9-7-14(8-10-15)19-12-17(22)21-20-11-13-5-4-6-16(24-2)18(13)25-3/h4-11,19H,12H2,1-3H3,(H,21,22)/b20-11-. The summed E-state index contributed by atoms with van der Waals surface area (Å²) in [5.41, 5.74) is 3.97. The molecule has 132 valence electrons. The quantitative estimate of drug-likeness (QED) is 0.568. The molecule has 25 heavy (non-hydrogen) atoms. The van der Waals surface area contributed by atoms with E-state index < -0.39 is 0 Å². The van der Waals surface area contributed by atoms with Crippen LogP contribution in [0.25, 0.3) is 0 Å². The van der Waals surface area contributed by atoms with Gasteiger partial charge in [0.15, 0.2) is 11.5 Å². The molecule has 7 heteroatoms. The highest BCUT2D eigenvalue weighted by molar-refractivity contribution is 5.87. The van der Waals surface area contributed by atoms with Gasteiger partial charge in [0.2, 0.25) is 0 Å². The predicted octanol–water partition coefficient (Wildman–Crippen LogP) is 2.27. The van der Waals surface area contributed by atoms with Gasteiger partial charge in [0.1, 0.15) is 5.75 Å². The first-order valence-corrected chi connectivity index (χ1v) is 7.58. The summed E-state index contributed by atoms with van der Waals surface area (Å²) >= 11 is 0. The molecule has 0 bridgehead atoms. The van der Waals surface area contributed by atoms with E-state index in [-0.39, 0.29) is 12.5 Å². The maximum atomic E-state index is 11.8. The van der Waals surface area contributed by atoms with E-state index in [1.165, 1.54) is 6.21 Å². The maximum Gasteiger partial charge on any atom is 0.259 e. The van der Waals surface area contributed by atoms with E-state index in [2.05, 4.69) is 15.8 Å². The first-order chi connectivity index (χ1) is 12.2. The van der Waals surface area contributed by atoms with Gasteiger partial charge < -0.3 is 19.5 Å². The van der Waals surface area contributed by atoms with Crippen LogP contribution in [0.5, 0.6) is 17.2 Å². The zero-order valence-corrected chi connectivity index (χ0v) is 14.4. The van der Waals surface area contributed by atoms with Crippen molar-refractivity contribution in [3.8, 4) is 17.2 Å². The van der Waals surface area contributed by atoms with Crippen LogP contribution in [-0.2, 0) is 4.79 Å². The van der Waals surface area contributed by atoms with Gasteiger partial charge in [0.25, 0.3) is 5.91 Å². The highest BCUT2D eigenvalue weighted by atomic mass is 16.5. The van der Waals surface area contributed by atoms with Gasteiger partial charge in [-0.3, -0.25) is 4.79 Å². The first kappa shape index (κ1) is 18.1. The maximum absolute atomic E-state index is 11.8. The molecule has 0 fully saturated rings. The number of amides is 1. The Labute approximate surface area is 146 Å². The minimum absolute atomic E-state index is 0.0961. The largest absolute Gasteiger partial charge is 0.497 e. The van der Waals surface area contributed by atoms with Crippen LogP contribution in [0, 0.1) is 0 Å². The third-order valence-electron chi connectivity index (χ3n) is 3.37. The number of hydrogen-bond acceptors (Lipinski definition) is 6. The number of nitrogens with one attached hydrogen (secondary N) is 2. The molecule has 0 heterocycles. The molecule has 2 rings (SSSR count). The van der Waals surface area contributed by atoms with E-state index in [1.54, 1.807) is 27.4 Å². The number of methoxy groups -OCH3 is 3. The summed E-state index contributed by atoms with van der Waals surface area (Å²) in [5.74, 6) is 1.64. The van der Waals surface area contributed by atoms with Gasteiger partial charge in [0.05, 0.1) is 34.1 Å². The summed E-state index contributed by atoms with van der Waals surface area (Å²) in [6.45, 7) is 0.0961. The Kier molecular flexibility index (Phi) is 6.65. The minimum Gasteiger partial charge on any atom is -0.497 e.